The Hall–Kier alpha value is -1.87. The fraction of sp³-hybridized carbons (Fsp3) is 0.400. The number of aryl methyl sites for hydroxylation is 1. The van der Waals surface area contributed by atoms with Gasteiger partial charge in [0.15, 0.2) is 6.04 Å². The second kappa shape index (κ2) is 5.41. The first-order chi connectivity index (χ1) is 8.97. The van der Waals surface area contributed by atoms with Crippen LogP contribution in [0.3, 0.4) is 0 Å². The Bertz CT molecular complexity index is 687. The van der Waals surface area contributed by atoms with Crippen LogP contribution in [0.25, 0.3) is 0 Å². The largest absolute Gasteiger partial charge is 0.410 e. The maximum Gasteiger partial charge on any atom is 0.325 e. The molecule has 0 spiro atoms. The lowest BCUT2D eigenvalue weighted by Gasteiger charge is -2.01. The second-order valence-corrected chi connectivity index (χ2v) is 5.03. The fourth-order valence-corrected chi connectivity index (χ4v) is 2.27. The van der Waals surface area contributed by atoms with Crippen molar-refractivity contribution in [2.45, 2.75) is 30.9 Å². The lowest BCUT2D eigenvalue weighted by molar-refractivity contribution is -0.425. The molecule has 8 nitrogen and oxygen atoms in total. The first-order valence-corrected chi connectivity index (χ1v) is 6.57. The molecule has 19 heavy (non-hydrogen) atoms. The van der Waals surface area contributed by atoms with E-state index in [9.17, 15) is 9.59 Å². The van der Waals surface area contributed by atoms with E-state index in [1.807, 2.05) is 6.92 Å². The van der Waals surface area contributed by atoms with E-state index in [0.717, 1.165) is 0 Å². The van der Waals surface area contributed by atoms with Gasteiger partial charge in [-0.2, -0.15) is 0 Å². The number of nitrogens with zero attached hydrogens (tertiary/aromatic N) is 2. The normalized spacial score (nSPS) is 12.6. The molecule has 0 aliphatic heterocycles. The van der Waals surface area contributed by atoms with Crippen molar-refractivity contribution >= 4 is 11.8 Å². The third-order valence-electron chi connectivity index (χ3n) is 2.44. The number of aromatic amines is 2. The highest BCUT2D eigenvalue weighted by atomic mass is 32.2. The zero-order valence-corrected chi connectivity index (χ0v) is 11.3. The highest BCUT2D eigenvalue weighted by Gasteiger charge is 2.14. The van der Waals surface area contributed by atoms with Gasteiger partial charge in [0, 0.05) is 17.0 Å². The van der Waals surface area contributed by atoms with Crippen LogP contribution in [0, 0.1) is 6.92 Å². The molecule has 0 amide bonds. The number of aromatic nitrogens is 4. The quantitative estimate of drug-likeness (QED) is 0.639. The van der Waals surface area contributed by atoms with Gasteiger partial charge < -0.3 is 15.1 Å². The molecule has 0 saturated carbocycles. The molecular weight excluding hydrogens is 270 g/mol. The number of nitrogens with one attached hydrogen (secondary N) is 2. The predicted molar refractivity (Wildman–Crippen MR) is 67.6 cm³/mol. The molecule has 0 fully saturated rings. The van der Waals surface area contributed by atoms with Crippen LogP contribution < -0.4 is 17.0 Å². The average Bonchev–Trinajstić information content (AvgIpc) is 2.76. The minimum atomic E-state index is -0.512. The summed E-state index contributed by atoms with van der Waals surface area (Å²) in [5.41, 5.74) is 3.88. The predicted octanol–water partition coefficient (Wildman–Crippen LogP) is -0.650. The van der Waals surface area contributed by atoms with Gasteiger partial charge in [0.25, 0.3) is 16.7 Å². The topological polar surface area (TPSA) is 132 Å². The van der Waals surface area contributed by atoms with Gasteiger partial charge in [-0.05, 0) is 13.8 Å². The zero-order valence-electron chi connectivity index (χ0n) is 10.5. The molecule has 0 aliphatic rings. The van der Waals surface area contributed by atoms with Crippen LogP contribution in [0.4, 0.5) is 0 Å². The van der Waals surface area contributed by atoms with E-state index in [2.05, 4.69) is 25.9 Å². The molecular formula is C10H14N5O3S+. The summed E-state index contributed by atoms with van der Waals surface area (Å²) >= 11 is 1.24. The van der Waals surface area contributed by atoms with Crippen molar-refractivity contribution in [3.8, 4) is 0 Å². The van der Waals surface area contributed by atoms with Crippen molar-refractivity contribution in [3.63, 3.8) is 0 Å². The molecule has 2 rings (SSSR count). The molecule has 5 N–H and O–H groups in total. The Balaban J connectivity index is 2.14. The molecule has 2 heterocycles. The molecule has 102 valence electrons. The van der Waals surface area contributed by atoms with Crippen molar-refractivity contribution in [2.24, 2.45) is 0 Å². The van der Waals surface area contributed by atoms with Crippen LogP contribution in [-0.2, 0) is 5.75 Å². The van der Waals surface area contributed by atoms with Gasteiger partial charge in [0.1, 0.15) is 0 Å². The van der Waals surface area contributed by atoms with Gasteiger partial charge in [-0.25, -0.2) is 4.79 Å². The number of hydrogen-bond acceptors (Lipinski definition) is 6. The minimum absolute atomic E-state index is 0.0833. The van der Waals surface area contributed by atoms with Crippen molar-refractivity contribution in [3.05, 3.63) is 38.0 Å². The van der Waals surface area contributed by atoms with E-state index in [4.69, 9.17) is 4.42 Å². The number of hydrogen-bond donors (Lipinski definition) is 3. The van der Waals surface area contributed by atoms with E-state index in [1.54, 1.807) is 6.92 Å². The molecule has 2 aromatic rings. The first-order valence-electron chi connectivity index (χ1n) is 5.58. The summed E-state index contributed by atoms with van der Waals surface area (Å²) in [6.07, 6.45) is 0. The molecule has 2 aromatic heterocycles. The Kier molecular flexibility index (Phi) is 3.86. The maximum atomic E-state index is 11.6. The van der Waals surface area contributed by atoms with Crippen LogP contribution >= 0.6 is 11.8 Å². The van der Waals surface area contributed by atoms with Crippen LogP contribution in [0.2, 0.25) is 0 Å². The summed E-state index contributed by atoms with van der Waals surface area (Å²) in [6, 6.07) is -0.0833. The van der Waals surface area contributed by atoms with E-state index in [-0.39, 0.29) is 6.04 Å². The number of rotatable bonds is 4. The third-order valence-corrected chi connectivity index (χ3v) is 3.28. The summed E-state index contributed by atoms with van der Waals surface area (Å²) < 4.78 is 5.36. The average molecular weight is 284 g/mol. The number of thioether (sulfide) groups is 1. The van der Waals surface area contributed by atoms with Crippen LogP contribution in [0.15, 0.2) is 19.2 Å². The molecule has 0 aliphatic carbocycles. The van der Waals surface area contributed by atoms with Crippen LogP contribution in [0.1, 0.15) is 30.1 Å². The van der Waals surface area contributed by atoms with E-state index in [1.165, 1.54) is 11.8 Å². The molecule has 0 radical (unpaired) electrons. The third kappa shape index (κ3) is 3.12. The Morgan fingerprint density at radius 1 is 1.37 bits per heavy atom. The summed E-state index contributed by atoms with van der Waals surface area (Å²) in [5.74, 6) is 0.792. The lowest BCUT2D eigenvalue weighted by Crippen LogP contribution is -2.51. The molecule has 0 saturated heterocycles. The summed E-state index contributed by atoms with van der Waals surface area (Å²) in [6.45, 7) is 3.52. The molecule has 1 atom stereocenters. The Morgan fingerprint density at radius 3 is 2.68 bits per heavy atom. The van der Waals surface area contributed by atoms with Crippen molar-refractivity contribution in [1.82, 2.24) is 20.2 Å². The van der Waals surface area contributed by atoms with Crippen LogP contribution in [0.5, 0.6) is 0 Å². The van der Waals surface area contributed by atoms with Gasteiger partial charge in [-0.3, -0.25) is 9.78 Å². The van der Waals surface area contributed by atoms with E-state index < -0.39 is 11.2 Å². The van der Waals surface area contributed by atoms with Crippen LogP contribution in [-0.4, -0.2) is 20.2 Å². The first kappa shape index (κ1) is 13.6. The van der Waals surface area contributed by atoms with Crippen molar-refractivity contribution in [1.29, 1.82) is 0 Å². The SMILES string of the molecule is Cc1[nH]c(=O)[nH]c(=O)c1CSc1nnc([C@H](C)[NH3+])o1. The van der Waals surface area contributed by atoms with E-state index >= 15 is 0 Å². The summed E-state index contributed by atoms with van der Waals surface area (Å²) in [4.78, 5) is 27.4. The van der Waals surface area contributed by atoms with Gasteiger partial charge >= 0.3 is 5.69 Å². The molecule has 0 aromatic carbocycles. The number of quaternary nitrogens is 1. The molecule has 0 unspecified atom stereocenters. The standard InChI is InChI=1S/C10H13N5O3S/c1-4(11)8-14-15-10(18-8)19-3-6-5(2)12-9(17)13-7(6)16/h4H,3,11H2,1-2H3,(H2,12,13,16,17)/p+1/t4-/m0/s1. The van der Waals surface area contributed by atoms with Gasteiger partial charge in [-0.15, -0.1) is 10.2 Å². The van der Waals surface area contributed by atoms with Gasteiger partial charge in [0.05, 0.1) is 0 Å². The fourth-order valence-electron chi connectivity index (χ4n) is 1.41. The maximum absolute atomic E-state index is 11.6. The highest BCUT2D eigenvalue weighted by Crippen LogP contribution is 2.21. The lowest BCUT2D eigenvalue weighted by atomic mass is 10.3. The van der Waals surface area contributed by atoms with Crippen molar-refractivity contribution < 1.29 is 10.2 Å². The zero-order chi connectivity index (χ0) is 14.0. The summed E-state index contributed by atoms with van der Waals surface area (Å²) in [5, 5.41) is 8.07. The number of H-pyrrole nitrogens is 2. The van der Waals surface area contributed by atoms with Crippen molar-refractivity contribution in [2.75, 3.05) is 0 Å². The van der Waals surface area contributed by atoms with E-state index in [0.29, 0.717) is 28.1 Å². The highest BCUT2D eigenvalue weighted by molar-refractivity contribution is 7.98. The van der Waals surface area contributed by atoms with Gasteiger partial charge in [0.2, 0.25) is 0 Å². The smallest absolute Gasteiger partial charge is 0.325 e. The molecule has 0 bridgehead atoms. The van der Waals surface area contributed by atoms with Gasteiger partial charge in [-0.1, -0.05) is 11.8 Å². The Morgan fingerprint density at radius 2 is 2.11 bits per heavy atom. The monoisotopic (exact) mass is 284 g/mol. The minimum Gasteiger partial charge on any atom is -0.410 e. The molecule has 9 heteroatoms. The second-order valence-electron chi connectivity index (χ2n) is 4.11. The summed E-state index contributed by atoms with van der Waals surface area (Å²) in [7, 11) is 0. The Labute approximate surface area is 111 Å².